The van der Waals surface area contributed by atoms with Crippen LogP contribution in [0.3, 0.4) is 0 Å². The summed E-state index contributed by atoms with van der Waals surface area (Å²) in [7, 11) is 3.11. The number of carbonyl (C=O) groups excluding carboxylic acids is 1. The van der Waals surface area contributed by atoms with E-state index in [-0.39, 0.29) is 11.4 Å². The average Bonchev–Trinajstić information content (AvgIpc) is 3.24. The molecule has 164 valence electrons. The van der Waals surface area contributed by atoms with Gasteiger partial charge in [-0.1, -0.05) is 18.2 Å². The van der Waals surface area contributed by atoms with Crippen molar-refractivity contribution in [2.45, 2.75) is 6.92 Å². The van der Waals surface area contributed by atoms with Crippen LogP contribution in [-0.2, 0) is 4.79 Å². The van der Waals surface area contributed by atoms with Gasteiger partial charge in [0, 0.05) is 23.1 Å². The fourth-order valence-corrected chi connectivity index (χ4v) is 3.44. The van der Waals surface area contributed by atoms with Gasteiger partial charge in [0.25, 0.3) is 0 Å². The van der Waals surface area contributed by atoms with E-state index in [1.807, 2.05) is 37.3 Å². The van der Waals surface area contributed by atoms with Crippen LogP contribution in [0.2, 0.25) is 0 Å². The maximum atomic E-state index is 12.7. The number of hydrogen-bond acceptors (Lipinski definition) is 6. The van der Waals surface area contributed by atoms with Gasteiger partial charge in [0.05, 0.1) is 25.9 Å². The number of rotatable bonds is 6. The molecule has 0 fully saturated rings. The highest BCUT2D eigenvalue weighted by atomic mass is 16.5. The van der Waals surface area contributed by atoms with Crippen molar-refractivity contribution >= 4 is 28.7 Å². The fourth-order valence-electron chi connectivity index (χ4n) is 3.44. The van der Waals surface area contributed by atoms with Gasteiger partial charge in [-0.2, -0.15) is 15.0 Å². The molecule has 0 spiro atoms. The number of hydrogen-bond donors (Lipinski definition) is 1. The SMILES string of the molecule is COc1ccc(/C=C/C(=O)Nc2c(C#N)cnn2-c2cc(C)c3ccccc3n2)c(OC)c1. The van der Waals surface area contributed by atoms with Gasteiger partial charge in [-0.15, -0.1) is 0 Å². The molecule has 0 radical (unpaired) electrons. The van der Waals surface area contributed by atoms with Crippen molar-refractivity contribution in [3.05, 3.63) is 77.5 Å². The summed E-state index contributed by atoms with van der Waals surface area (Å²) in [4.78, 5) is 17.4. The van der Waals surface area contributed by atoms with E-state index in [0.717, 1.165) is 16.5 Å². The van der Waals surface area contributed by atoms with E-state index >= 15 is 0 Å². The Kier molecular flexibility index (Phi) is 6.04. The van der Waals surface area contributed by atoms with Crippen LogP contribution >= 0.6 is 0 Å². The maximum Gasteiger partial charge on any atom is 0.249 e. The van der Waals surface area contributed by atoms with E-state index in [9.17, 15) is 10.1 Å². The van der Waals surface area contributed by atoms with Gasteiger partial charge < -0.3 is 14.8 Å². The van der Waals surface area contributed by atoms with Gasteiger partial charge in [0.1, 0.15) is 23.1 Å². The number of amides is 1. The molecule has 0 unspecified atom stereocenters. The summed E-state index contributed by atoms with van der Waals surface area (Å²) < 4.78 is 12.0. The zero-order valence-corrected chi connectivity index (χ0v) is 18.4. The van der Waals surface area contributed by atoms with Crippen molar-refractivity contribution in [1.82, 2.24) is 14.8 Å². The number of nitrogens with zero attached hydrogens (tertiary/aromatic N) is 4. The van der Waals surface area contributed by atoms with Gasteiger partial charge in [-0.3, -0.25) is 4.79 Å². The molecule has 0 saturated heterocycles. The summed E-state index contributed by atoms with van der Waals surface area (Å²) in [5.41, 5.74) is 2.74. The lowest BCUT2D eigenvalue weighted by Gasteiger charge is -2.10. The van der Waals surface area contributed by atoms with E-state index in [0.29, 0.717) is 22.9 Å². The highest BCUT2D eigenvalue weighted by Gasteiger charge is 2.16. The first-order valence-electron chi connectivity index (χ1n) is 10.1. The van der Waals surface area contributed by atoms with Crippen LogP contribution in [-0.4, -0.2) is 34.9 Å². The predicted octanol–water partition coefficient (Wildman–Crippen LogP) is 4.27. The Morgan fingerprint density at radius 1 is 1.15 bits per heavy atom. The number of aromatic nitrogens is 3. The van der Waals surface area contributed by atoms with Gasteiger partial charge in [-0.05, 0) is 42.8 Å². The van der Waals surface area contributed by atoms with Crippen LogP contribution in [0, 0.1) is 18.3 Å². The first kappa shape index (κ1) is 21.6. The number of carbonyl (C=O) groups is 1. The molecule has 0 saturated carbocycles. The Bertz CT molecular complexity index is 1420. The number of pyridine rings is 1. The molecule has 4 rings (SSSR count). The van der Waals surface area contributed by atoms with Crippen LogP contribution in [0.15, 0.2) is 60.8 Å². The first-order valence-corrected chi connectivity index (χ1v) is 10.1. The minimum Gasteiger partial charge on any atom is -0.497 e. The summed E-state index contributed by atoms with van der Waals surface area (Å²) >= 11 is 0. The first-order chi connectivity index (χ1) is 16.0. The second kappa shape index (κ2) is 9.24. The Morgan fingerprint density at radius 2 is 1.97 bits per heavy atom. The van der Waals surface area contributed by atoms with Gasteiger partial charge in [0.2, 0.25) is 5.91 Å². The molecule has 2 aromatic carbocycles. The third-order valence-electron chi connectivity index (χ3n) is 5.11. The van der Waals surface area contributed by atoms with E-state index in [1.165, 1.54) is 17.0 Å². The van der Waals surface area contributed by atoms with Gasteiger partial charge in [0.15, 0.2) is 11.6 Å². The molecule has 1 amide bonds. The van der Waals surface area contributed by atoms with E-state index < -0.39 is 5.91 Å². The Hall–Kier alpha value is -4.64. The Morgan fingerprint density at radius 3 is 2.73 bits per heavy atom. The van der Waals surface area contributed by atoms with Crippen LogP contribution in [0.1, 0.15) is 16.7 Å². The van der Waals surface area contributed by atoms with Gasteiger partial charge >= 0.3 is 0 Å². The third-order valence-corrected chi connectivity index (χ3v) is 5.11. The van der Waals surface area contributed by atoms with Crippen molar-refractivity contribution in [2.75, 3.05) is 19.5 Å². The minimum atomic E-state index is -0.427. The summed E-state index contributed by atoms with van der Waals surface area (Å²) in [5.74, 6) is 1.54. The lowest BCUT2D eigenvalue weighted by atomic mass is 10.1. The zero-order valence-electron chi connectivity index (χ0n) is 18.4. The largest absolute Gasteiger partial charge is 0.497 e. The smallest absolute Gasteiger partial charge is 0.249 e. The molecule has 8 nitrogen and oxygen atoms in total. The normalized spacial score (nSPS) is 10.8. The standard InChI is InChI=1S/C25H21N5O3/c1-16-12-23(28-21-7-5-4-6-20(16)21)30-25(18(14-26)15-27-30)29-24(31)11-9-17-8-10-19(32-2)13-22(17)33-3/h4-13,15H,1-3H3,(H,29,31)/b11-9+. The second-order valence-electron chi connectivity index (χ2n) is 7.18. The van der Waals surface area contributed by atoms with Crippen LogP contribution in [0.4, 0.5) is 5.82 Å². The number of aryl methyl sites for hydroxylation is 1. The number of benzene rings is 2. The molecule has 1 N–H and O–H groups in total. The van der Waals surface area contributed by atoms with Crippen molar-refractivity contribution < 1.29 is 14.3 Å². The van der Waals surface area contributed by atoms with Crippen molar-refractivity contribution in [2.24, 2.45) is 0 Å². The molecule has 0 aliphatic carbocycles. The monoisotopic (exact) mass is 439 g/mol. The minimum absolute atomic E-state index is 0.228. The molecule has 0 aliphatic heterocycles. The molecule has 0 aliphatic rings. The Labute approximate surface area is 190 Å². The predicted molar refractivity (Wildman–Crippen MR) is 126 cm³/mol. The number of ether oxygens (including phenoxy) is 2. The number of nitrogens with one attached hydrogen (secondary N) is 1. The summed E-state index contributed by atoms with van der Waals surface area (Å²) in [6.45, 7) is 1.98. The zero-order chi connectivity index (χ0) is 23.4. The van der Waals surface area contributed by atoms with Crippen molar-refractivity contribution in [3.8, 4) is 23.4 Å². The highest BCUT2D eigenvalue weighted by Crippen LogP contribution is 2.26. The molecule has 0 atom stereocenters. The third kappa shape index (κ3) is 4.38. The fraction of sp³-hybridized carbons (Fsp3) is 0.120. The number of fused-ring (bicyclic) bond motifs is 1. The van der Waals surface area contributed by atoms with E-state index in [4.69, 9.17) is 9.47 Å². The lowest BCUT2D eigenvalue weighted by molar-refractivity contribution is -0.111. The molecule has 8 heteroatoms. The molecule has 33 heavy (non-hydrogen) atoms. The molecule has 2 aromatic heterocycles. The summed E-state index contributed by atoms with van der Waals surface area (Å²) in [6.07, 6.45) is 4.39. The number of nitriles is 1. The average molecular weight is 439 g/mol. The van der Waals surface area contributed by atoms with Crippen LogP contribution in [0.25, 0.3) is 22.8 Å². The van der Waals surface area contributed by atoms with Crippen molar-refractivity contribution in [1.29, 1.82) is 5.26 Å². The topological polar surface area (TPSA) is 102 Å². The summed E-state index contributed by atoms with van der Waals surface area (Å²) in [6, 6.07) is 17.0. The molecule has 0 bridgehead atoms. The molecule has 2 heterocycles. The molecular weight excluding hydrogens is 418 g/mol. The number of methoxy groups -OCH3 is 2. The molecule has 4 aromatic rings. The number of anilines is 1. The van der Waals surface area contributed by atoms with Crippen molar-refractivity contribution in [3.63, 3.8) is 0 Å². The van der Waals surface area contributed by atoms with E-state index in [1.54, 1.807) is 38.5 Å². The van der Waals surface area contributed by atoms with E-state index in [2.05, 4.69) is 21.5 Å². The lowest BCUT2D eigenvalue weighted by Crippen LogP contribution is -2.14. The van der Waals surface area contributed by atoms with Crippen LogP contribution in [0.5, 0.6) is 11.5 Å². The quantitative estimate of drug-likeness (QED) is 0.450. The second-order valence-corrected chi connectivity index (χ2v) is 7.18. The van der Waals surface area contributed by atoms with Crippen LogP contribution < -0.4 is 14.8 Å². The van der Waals surface area contributed by atoms with Gasteiger partial charge in [-0.25, -0.2) is 4.98 Å². The summed E-state index contributed by atoms with van der Waals surface area (Å²) in [5, 5.41) is 17.6. The number of para-hydroxylation sites is 1. The Balaban J connectivity index is 1.65. The molecular formula is C25H21N5O3. The maximum absolute atomic E-state index is 12.7. The highest BCUT2D eigenvalue weighted by molar-refractivity contribution is 6.02.